The van der Waals surface area contributed by atoms with E-state index in [9.17, 15) is 0 Å². The van der Waals surface area contributed by atoms with Gasteiger partial charge >= 0.3 is 0 Å². The first-order chi connectivity index (χ1) is 9.34. The predicted molar refractivity (Wildman–Crippen MR) is 77.7 cm³/mol. The first-order valence-corrected chi connectivity index (χ1v) is 7.64. The second-order valence-electron chi connectivity index (χ2n) is 3.98. The Morgan fingerprint density at radius 2 is 2.00 bits per heavy atom. The van der Waals surface area contributed by atoms with Crippen molar-refractivity contribution in [3.63, 3.8) is 0 Å². The normalized spacial score (nSPS) is 12.5. The van der Waals surface area contributed by atoms with Crippen LogP contribution in [0.15, 0.2) is 52.1 Å². The van der Waals surface area contributed by atoms with Crippen LogP contribution in [0.4, 0.5) is 0 Å². The van der Waals surface area contributed by atoms with Gasteiger partial charge in [-0.05, 0) is 40.9 Å². The third-order valence-electron chi connectivity index (χ3n) is 2.65. The lowest BCUT2D eigenvalue weighted by atomic mass is 10.3. The second-order valence-corrected chi connectivity index (χ2v) is 6.57. The lowest BCUT2D eigenvalue weighted by molar-refractivity contribution is 0.763. The summed E-state index contributed by atoms with van der Waals surface area (Å²) in [6.07, 6.45) is 0. The Labute approximate surface area is 119 Å². The molecular weight excluding hydrogens is 276 g/mol. The molecule has 0 aliphatic rings. The lowest BCUT2D eigenvalue weighted by Gasteiger charge is -2.09. The number of thioether (sulfide) groups is 1. The molecule has 0 saturated carbocycles. The van der Waals surface area contributed by atoms with Gasteiger partial charge in [0.2, 0.25) is 0 Å². The van der Waals surface area contributed by atoms with Crippen molar-refractivity contribution in [3.8, 4) is 5.69 Å². The van der Waals surface area contributed by atoms with Crippen molar-refractivity contribution in [2.75, 3.05) is 0 Å². The quantitative estimate of drug-likeness (QED) is 0.688. The number of rotatable bonds is 4. The highest BCUT2D eigenvalue weighted by Crippen LogP contribution is 2.36. The Morgan fingerprint density at radius 1 is 1.16 bits per heavy atom. The average molecular weight is 288 g/mol. The van der Waals surface area contributed by atoms with Gasteiger partial charge in [-0.15, -0.1) is 28.2 Å². The van der Waals surface area contributed by atoms with Crippen LogP contribution in [0.2, 0.25) is 0 Å². The molecule has 0 spiro atoms. The average Bonchev–Trinajstić information content (AvgIpc) is 3.10. The molecule has 3 aromatic rings. The van der Waals surface area contributed by atoms with Crippen LogP contribution < -0.4 is 0 Å². The Kier molecular flexibility index (Phi) is 3.61. The summed E-state index contributed by atoms with van der Waals surface area (Å²) in [5, 5.41) is 14.3. The van der Waals surface area contributed by atoms with Crippen molar-refractivity contribution in [3.05, 3.63) is 53.7 Å². The van der Waals surface area contributed by atoms with E-state index in [1.807, 2.05) is 30.3 Å². The van der Waals surface area contributed by atoms with Gasteiger partial charge in [-0.25, -0.2) is 0 Å². The van der Waals surface area contributed by atoms with Crippen LogP contribution in [0, 0.1) is 0 Å². The monoisotopic (exact) mass is 288 g/mol. The third kappa shape index (κ3) is 2.69. The molecule has 1 atom stereocenters. The fourth-order valence-corrected chi connectivity index (χ4v) is 3.79. The van der Waals surface area contributed by atoms with Gasteiger partial charge in [-0.3, -0.25) is 0 Å². The summed E-state index contributed by atoms with van der Waals surface area (Å²) in [6.45, 7) is 2.12. The molecule has 0 saturated heterocycles. The van der Waals surface area contributed by atoms with E-state index in [1.54, 1.807) is 27.8 Å². The zero-order chi connectivity index (χ0) is 13.1. The minimum absolute atomic E-state index is 0.203. The first-order valence-electron chi connectivity index (χ1n) is 5.88. The molecule has 0 aliphatic heterocycles. The lowest BCUT2D eigenvalue weighted by Crippen LogP contribution is -2.04. The number of aromatic nitrogens is 4. The topological polar surface area (TPSA) is 43.6 Å². The van der Waals surface area contributed by atoms with Crippen LogP contribution in [0.25, 0.3) is 5.69 Å². The van der Waals surface area contributed by atoms with E-state index < -0.39 is 0 Å². The summed E-state index contributed by atoms with van der Waals surface area (Å²) in [5.74, 6) is 0.865. The second kappa shape index (κ2) is 5.54. The number of hydrogen-bond acceptors (Lipinski definition) is 5. The molecule has 0 unspecified atom stereocenters. The largest absolute Gasteiger partial charge is 0.196 e. The van der Waals surface area contributed by atoms with E-state index in [4.69, 9.17) is 0 Å². The summed E-state index contributed by atoms with van der Waals surface area (Å²) >= 11 is 3.51. The molecule has 19 heavy (non-hydrogen) atoms. The number of thiophene rings is 1. The van der Waals surface area contributed by atoms with E-state index in [0.29, 0.717) is 0 Å². The van der Waals surface area contributed by atoms with E-state index in [-0.39, 0.29) is 5.25 Å². The third-order valence-corrected chi connectivity index (χ3v) is 4.82. The van der Waals surface area contributed by atoms with Crippen molar-refractivity contribution in [2.24, 2.45) is 0 Å². The summed E-state index contributed by atoms with van der Waals surface area (Å²) in [7, 11) is 0. The summed E-state index contributed by atoms with van der Waals surface area (Å²) in [5.41, 5.74) is 0.987. The highest BCUT2D eigenvalue weighted by molar-refractivity contribution is 8.01. The van der Waals surface area contributed by atoms with Crippen molar-refractivity contribution < 1.29 is 0 Å². The van der Waals surface area contributed by atoms with Crippen molar-refractivity contribution in [1.29, 1.82) is 0 Å². The number of benzene rings is 1. The fourth-order valence-electron chi connectivity index (χ4n) is 1.76. The van der Waals surface area contributed by atoms with Gasteiger partial charge in [0.1, 0.15) is 0 Å². The predicted octanol–water partition coefficient (Wildman–Crippen LogP) is 3.58. The smallest absolute Gasteiger partial charge is 0.169 e. The maximum Gasteiger partial charge on any atom is 0.169 e. The maximum atomic E-state index is 4.16. The summed E-state index contributed by atoms with van der Waals surface area (Å²) < 4.78 is 3.07. The Morgan fingerprint density at radius 3 is 2.74 bits per heavy atom. The van der Waals surface area contributed by atoms with Gasteiger partial charge in [-0.1, -0.05) is 24.3 Å². The van der Waals surface area contributed by atoms with Crippen LogP contribution in [-0.2, 0) is 0 Å². The van der Waals surface area contributed by atoms with Gasteiger partial charge in [0, 0.05) is 0 Å². The summed E-state index contributed by atoms with van der Waals surface area (Å²) in [6, 6.07) is 14.1. The van der Waals surface area contributed by atoms with E-state index in [0.717, 1.165) is 11.5 Å². The van der Waals surface area contributed by atoms with Crippen molar-refractivity contribution in [2.45, 2.75) is 16.4 Å². The van der Waals surface area contributed by atoms with Crippen LogP contribution in [0.5, 0.6) is 0 Å². The number of nitrogens with zero attached hydrogens (tertiary/aromatic N) is 4. The van der Waals surface area contributed by atoms with E-state index in [2.05, 4.69) is 40.0 Å². The molecule has 0 radical (unpaired) electrons. The Bertz CT molecular complexity index is 634. The standard InChI is InChI=1S/C13H12N4S2/c1-10(19-12-8-5-9-18-12)13-14-15-16-17(13)11-6-3-2-4-7-11/h2-10H,1H3/t10-/m1/s1. The zero-order valence-electron chi connectivity index (χ0n) is 10.3. The SMILES string of the molecule is C[C@@H](Sc1cccs1)c1nnnn1-c1ccccc1. The van der Waals surface area contributed by atoms with Gasteiger partial charge < -0.3 is 0 Å². The summed E-state index contributed by atoms with van der Waals surface area (Å²) in [4.78, 5) is 0. The Balaban J connectivity index is 1.88. The number of hydrogen-bond donors (Lipinski definition) is 0. The minimum Gasteiger partial charge on any atom is -0.196 e. The van der Waals surface area contributed by atoms with Gasteiger partial charge in [0.25, 0.3) is 0 Å². The minimum atomic E-state index is 0.203. The van der Waals surface area contributed by atoms with Gasteiger partial charge in [0.05, 0.1) is 15.1 Å². The first kappa shape index (κ1) is 12.4. The molecule has 2 heterocycles. The molecule has 0 N–H and O–H groups in total. The molecule has 1 aromatic carbocycles. The molecule has 6 heteroatoms. The molecule has 3 rings (SSSR count). The molecule has 4 nitrogen and oxygen atoms in total. The van der Waals surface area contributed by atoms with Crippen LogP contribution >= 0.6 is 23.1 Å². The van der Waals surface area contributed by atoms with E-state index >= 15 is 0 Å². The molecular formula is C13H12N4S2. The maximum absolute atomic E-state index is 4.16. The molecule has 0 aliphatic carbocycles. The van der Waals surface area contributed by atoms with Crippen molar-refractivity contribution >= 4 is 23.1 Å². The van der Waals surface area contributed by atoms with Crippen LogP contribution in [0.3, 0.4) is 0 Å². The van der Waals surface area contributed by atoms with Crippen LogP contribution in [0.1, 0.15) is 18.0 Å². The zero-order valence-corrected chi connectivity index (χ0v) is 11.9. The number of tetrazole rings is 1. The molecule has 0 fully saturated rings. The molecule has 0 bridgehead atoms. The highest BCUT2D eigenvalue weighted by Gasteiger charge is 2.17. The molecule has 0 amide bonds. The van der Waals surface area contributed by atoms with Gasteiger partial charge in [0.15, 0.2) is 5.82 Å². The van der Waals surface area contributed by atoms with E-state index in [1.165, 1.54) is 4.21 Å². The van der Waals surface area contributed by atoms with Crippen molar-refractivity contribution in [1.82, 2.24) is 20.2 Å². The van der Waals surface area contributed by atoms with Gasteiger partial charge in [-0.2, -0.15) is 4.68 Å². The molecule has 96 valence electrons. The fraction of sp³-hybridized carbons (Fsp3) is 0.154. The Hall–Kier alpha value is -1.66. The highest BCUT2D eigenvalue weighted by atomic mass is 32.2. The van der Waals surface area contributed by atoms with Crippen LogP contribution in [-0.4, -0.2) is 20.2 Å². The molecule has 2 aromatic heterocycles. The number of para-hydroxylation sites is 1.